The van der Waals surface area contributed by atoms with E-state index in [4.69, 9.17) is 5.11 Å². The number of nitrogens with one attached hydrogen (secondary N) is 1. The van der Waals surface area contributed by atoms with Crippen LogP contribution in [0.1, 0.15) is 6.92 Å². The van der Waals surface area contributed by atoms with Gasteiger partial charge in [0.2, 0.25) is 0 Å². The van der Waals surface area contributed by atoms with Gasteiger partial charge in [-0.1, -0.05) is 0 Å². The van der Waals surface area contributed by atoms with E-state index in [2.05, 4.69) is 5.32 Å². The van der Waals surface area contributed by atoms with Crippen molar-refractivity contribution in [2.24, 2.45) is 0 Å². The van der Waals surface area contributed by atoms with Crippen molar-refractivity contribution in [3.63, 3.8) is 0 Å². The van der Waals surface area contributed by atoms with Crippen molar-refractivity contribution in [2.45, 2.75) is 10.5 Å². The first kappa shape index (κ1) is 9.56. The van der Waals surface area contributed by atoms with Crippen LogP contribution >= 0.6 is 45.2 Å². The van der Waals surface area contributed by atoms with Crippen molar-refractivity contribution >= 4 is 45.2 Å². The van der Waals surface area contributed by atoms with Crippen molar-refractivity contribution in [2.75, 3.05) is 0 Å². The number of aliphatic hydroxyl groups is 1. The third-order valence-corrected chi connectivity index (χ3v) is 2.89. The van der Waals surface area contributed by atoms with Gasteiger partial charge in [-0.2, -0.15) is 0 Å². The maximum absolute atomic E-state index is 13.0. The number of dihydropyridines is 1. The SMILES string of the molecule is CC1(I)NC(I)=C(O)C=C1F. The molecule has 1 aliphatic rings. The molecular formula is C6H6FI2NO. The normalized spacial score (nSPS) is 31.5. The van der Waals surface area contributed by atoms with Crippen LogP contribution < -0.4 is 5.32 Å². The molecular weight excluding hydrogens is 375 g/mol. The van der Waals surface area contributed by atoms with E-state index < -0.39 is 3.55 Å². The molecule has 1 rings (SSSR count). The topological polar surface area (TPSA) is 32.3 Å². The molecule has 1 heterocycles. The van der Waals surface area contributed by atoms with E-state index in [1.165, 1.54) is 0 Å². The summed E-state index contributed by atoms with van der Waals surface area (Å²) in [5.41, 5.74) is 0. The second-order valence-electron chi connectivity index (χ2n) is 2.32. The lowest BCUT2D eigenvalue weighted by Crippen LogP contribution is -2.37. The van der Waals surface area contributed by atoms with Crippen LogP contribution in [0.15, 0.2) is 21.4 Å². The highest BCUT2D eigenvalue weighted by molar-refractivity contribution is 14.1. The molecule has 1 atom stereocenters. The molecule has 0 fully saturated rings. The van der Waals surface area contributed by atoms with Crippen LogP contribution in [-0.2, 0) is 0 Å². The zero-order chi connectivity index (χ0) is 8.65. The Balaban J connectivity index is 3.01. The number of hydrogen-bond acceptors (Lipinski definition) is 2. The molecule has 0 aliphatic carbocycles. The van der Waals surface area contributed by atoms with E-state index in [9.17, 15) is 4.39 Å². The van der Waals surface area contributed by atoms with Crippen LogP contribution in [0.25, 0.3) is 0 Å². The molecule has 0 radical (unpaired) electrons. The minimum Gasteiger partial charge on any atom is -0.505 e. The Bertz CT molecular complexity index is 247. The third kappa shape index (κ3) is 1.98. The van der Waals surface area contributed by atoms with E-state index in [1.54, 1.807) is 6.92 Å². The fraction of sp³-hybridized carbons (Fsp3) is 0.333. The van der Waals surface area contributed by atoms with Crippen LogP contribution in [0, 0.1) is 0 Å². The fourth-order valence-corrected chi connectivity index (χ4v) is 2.29. The summed E-state index contributed by atoms with van der Waals surface area (Å²) in [5, 5.41) is 11.9. The highest BCUT2D eigenvalue weighted by atomic mass is 127. The Morgan fingerprint density at radius 2 is 2.27 bits per heavy atom. The van der Waals surface area contributed by atoms with Crippen LogP contribution in [0.5, 0.6) is 0 Å². The van der Waals surface area contributed by atoms with Gasteiger partial charge >= 0.3 is 0 Å². The summed E-state index contributed by atoms with van der Waals surface area (Å²) in [6, 6.07) is 0. The Morgan fingerprint density at radius 1 is 1.73 bits per heavy atom. The molecule has 0 saturated carbocycles. The first-order chi connectivity index (χ1) is 4.93. The average Bonchev–Trinajstić information content (AvgIpc) is 1.83. The number of hydrogen-bond donors (Lipinski definition) is 2. The van der Waals surface area contributed by atoms with Crippen LogP contribution in [0.2, 0.25) is 0 Å². The molecule has 5 heteroatoms. The first-order valence-electron chi connectivity index (χ1n) is 2.87. The second-order valence-corrected chi connectivity index (χ2v) is 5.56. The van der Waals surface area contributed by atoms with E-state index in [0.29, 0.717) is 3.70 Å². The Kier molecular flexibility index (Phi) is 2.67. The highest BCUT2D eigenvalue weighted by Crippen LogP contribution is 2.33. The maximum Gasteiger partial charge on any atom is 0.147 e. The number of aliphatic hydroxyl groups excluding tert-OH is 1. The largest absolute Gasteiger partial charge is 0.505 e. The molecule has 11 heavy (non-hydrogen) atoms. The third-order valence-electron chi connectivity index (χ3n) is 1.28. The van der Waals surface area contributed by atoms with Gasteiger partial charge in [-0.3, -0.25) is 0 Å². The monoisotopic (exact) mass is 381 g/mol. The number of alkyl halides is 1. The summed E-state index contributed by atoms with van der Waals surface area (Å²) in [7, 11) is 0. The highest BCUT2D eigenvalue weighted by Gasteiger charge is 2.30. The van der Waals surface area contributed by atoms with Gasteiger partial charge in [-0.25, -0.2) is 4.39 Å². The average molecular weight is 381 g/mol. The lowest BCUT2D eigenvalue weighted by atomic mass is 10.2. The van der Waals surface area contributed by atoms with Crippen molar-refractivity contribution < 1.29 is 9.50 Å². The van der Waals surface area contributed by atoms with Crippen LogP contribution in [0.3, 0.4) is 0 Å². The van der Waals surface area contributed by atoms with Gasteiger partial charge in [0.25, 0.3) is 0 Å². The van der Waals surface area contributed by atoms with E-state index in [0.717, 1.165) is 6.08 Å². The molecule has 62 valence electrons. The summed E-state index contributed by atoms with van der Waals surface area (Å²) in [6.45, 7) is 1.70. The van der Waals surface area contributed by atoms with Gasteiger partial charge in [-0.15, -0.1) is 0 Å². The summed E-state index contributed by atoms with van der Waals surface area (Å²) < 4.78 is 12.8. The summed E-state index contributed by atoms with van der Waals surface area (Å²) in [4.78, 5) is 0. The number of halogens is 3. The number of rotatable bonds is 0. The molecule has 0 aromatic rings. The number of allylic oxidation sites excluding steroid dienone is 1. The minimum atomic E-state index is -0.722. The molecule has 0 amide bonds. The van der Waals surface area contributed by atoms with E-state index in [-0.39, 0.29) is 11.6 Å². The molecule has 0 spiro atoms. The zero-order valence-electron chi connectivity index (χ0n) is 5.66. The van der Waals surface area contributed by atoms with Crippen molar-refractivity contribution in [1.82, 2.24) is 5.32 Å². The summed E-state index contributed by atoms with van der Waals surface area (Å²) >= 11 is 3.86. The smallest absolute Gasteiger partial charge is 0.147 e. The zero-order valence-corrected chi connectivity index (χ0v) is 9.97. The standard InChI is InChI=1S/C6H6FI2NO/c1-6(9)4(7)2-3(11)5(8)10-6/h2,10-11H,1H3. The van der Waals surface area contributed by atoms with Crippen LogP contribution in [0.4, 0.5) is 4.39 Å². The Hall–Kier alpha value is 0.470. The Labute approximate surface area is 91.2 Å². The first-order valence-corrected chi connectivity index (χ1v) is 5.03. The van der Waals surface area contributed by atoms with Crippen molar-refractivity contribution in [1.29, 1.82) is 0 Å². The van der Waals surface area contributed by atoms with Gasteiger partial charge in [0.15, 0.2) is 0 Å². The molecule has 1 aliphatic heterocycles. The molecule has 0 aromatic heterocycles. The second kappa shape index (κ2) is 3.08. The lowest BCUT2D eigenvalue weighted by molar-refractivity contribution is 0.399. The Morgan fingerprint density at radius 3 is 2.73 bits per heavy atom. The molecule has 0 saturated heterocycles. The van der Waals surface area contributed by atoms with Gasteiger partial charge in [-0.05, 0) is 52.1 Å². The lowest BCUT2D eigenvalue weighted by Gasteiger charge is -2.26. The predicted octanol–water partition coefficient (Wildman–Crippen LogP) is 2.76. The molecule has 0 aromatic carbocycles. The van der Waals surface area contributed by atoms with Crippen molar-refractivity contribution in [3.8, 4) is 0 Å². The van der Waals surface area contributed by atoms with Gasteiger partial charge < -0.3 is 10.4 Å². The molecule has 2 nitrogen and oxygen atoms in total. The van der Waals surface area contributed by atoms with Gasteiger partial charge in [0.1, 0.15) is 18.8 Å². The van der Waals surface area contributed by atoms with E-state index >= 15 is 0 Å². The van der Waals surface area contributed by atoms with Crippen LogP contribution in [-0.4, -0.2) is 8.65 Å². The molecule has 0 bridgehead atoms. The molecule has 2 N–H and O–H groups in total. The quantitative estimate of drug-likeness (QED) is 0.385. The van der Waals surface area contributed by atoms with Crippen molar-refractivity contribution in [3.05, 3.63) is 21.4 Å². The van der Waals surface area contributed by atoms with Gasteiger partial charge in [0.05, 0.1) is 0 Å². The summed E-state index contributed by atoms with van der Waals surface area (Å²) in [6.07, 6.45) is 1.13. The predicted molar refractivity (Wildman–Crippen MR) is 58.4 cm³/mol. The summed E-state index contributed by atoms with van der Waals surface area (Å²) in [5.74, 6) is -0.409. The molecule has 1 unspecified atom stereocenters. The van der Waals surface area contributed by atoms with Gasteiger partial charge in [0, 0.05) is 6.08 Å². The van der Waals surface area contributed by atoms with E-state index in [1.807, 2.05) is 45.2 Å². The maximum atomic E-state index is 13.0. The minimum absolute atomic E-state index is 0.0442. The fourth-order valence-electron chi connectivity index (χ4n) is 0.649.